The SMILES string of the molecule is CCN1CCN(c2cc(Nc3cc(Cl)cc(Cl)c3)nc(C)n2)CC1. The Labute approximate surface area is 152 Å². The number of likely N-dealkylation sites (N-methyl/N-ethyl adjacent to an activating group) is 1. The van der Waals surface area contributed by atoms with Crippen LogP contribution in [0.25, 0.3) is 0 Å². The Hall–Kier alpha value is -1.56. The van der Waals surface area contributed by atoms with E-state index >= 15 is 0 Å². The molecule has 0 radical (unpaired) electrons. The van der Waals surface area contributed by atoms with Gasteiger partial charge in [-0.3, -0.25) is 0 Å². The lowest BCUT2D eigenvalue weighted by Crippen LogP contribution is -2.46. The van der Waals surface area contributed by atoms with E-state index in [-0.39, 0.29) is 0 Å². The normalized spacial score (nSPS) is 15.6. The molecule has 0 unspecified atom stereocenters. The van der Waals surface area contributed by atoms with E-state index in [0.29, 0.717) is 10.0 Å². The fourth-order valence-electron chi connectivity index (χ4n) is 2.85. The highest BCUT2D eigenvalue weighted by atomic mass is 35.5. The van der Waals surface area contributed by atoms with E-state index in [1.165, 1.54) is 0 Å². The topological polar surface area (TPSA) is 44.3 Å². The molecule has 0 saturated carbocycles. The van der Waals surface area contributed by atoms with Gasteiger partial charge >= 0.3 is 0 Å². The van der Waals surface area contributed by atoms with Crippen LogP contribution >= 0.6 is 23.2 Å². The van der Waals surface area contributed by atoms with Crippen LogP contribution in [0.4, 0.5) is 17.3 Å². The summed E-state index contributed by atoms with van der Waals surface area (Å²) in [5, 5.41) is 4.45. The van der Waals surface area contributed by atoms with Gasteiger partial charge < -0.3 is 15.1 Å². The highest BCUT2D eigenvalue weighted by Crippen LogP contribution is 2.26. The van der Waals surface area contributed by atoms with Crippen molar-refractivity contribution in [1.29, 1.82) is 0 Å². The summed E-state index contributed by atoms with van der Waals surface area (Å²) in [6.07, 6.45) is 0. The molecule has 0 spiro atoms. The molecule has 1 N–H and O–H groups in total. The van der Waals surface area contributed by atoms with Crippen LogP contribution in [-0.2, 0) is 0 Å². The maximum Gasteiger partial charge on any atom is 0.136 e. The molecule has 1 saturated heterocycles. The van der Waals surface area contributed by atoms with Crippen molar-refractivity contribution < 1.29 is 0 Å². The zero-order chi connectivity index (χ0) is 17.1. The molecule has 0 amide bonds. The smallest absolute Gasteiger partial charge is 0.136 e. The van der Waals surface area contributed by atoms with Crippen LogP contribution in [0.3, 0.4) is 0 Å². The van der Waals surface area contributed by atoms with Gasteiger partial charge in [0.05, 0.1) is 0 Å². The number of rotatable bonds is 4. The van der Waals surface area contributed by atoms with Gasteiger partial charge in [0.15, 0.2) is 0 Å². The first-order chi connectivity index (χ1) is 11.5. The van der Waals surface area contributed by atoms with Crippen molar-refractivity contribution in [2.45, 2.75) is 13.8 Å². The van der Waals surface area contributed by atoms with Gasteiger partial charge in [-0.05, 0) is 31.7 Å². The third kappa shape index (κ3) is 4.29. The minimum absolute atomic E-state index is 0.590. The zero-order valence-electron chi connectivity index (χ0n) is 13.9. The molecule has 5 nitrogen and oxygen atoms in total. The summed E-state index contributed by atoms with van der Waals surface area (Å²) in [5.41, 5.74) is 0.812. The molecule has 1 aliphatic rings. The molecular weight excluding hydrogens is 345 g/mol. The lowest BCUT2D eigenvalue weighted by Gasteiger charge is -2.34. The van der Waals surface area contributed by atoms with Crippen molar-refractivity contribution in [3.63, 3.8) is 0 Å². The van der Waals surface area contributed by atoms with Gasteiger partial charge in [-0.1, -0.05) is 30.1 Å². The van der Waals surface area contributed by atoms with Crippen molar-refractivity contribution in [3.05, 3.63) is 40.1 Å². The Morgan fingerprint density at radius 3 is 2.29 bits per heavy atom. The summed E-state index contributed by atoms with van der Waals surface area (Å²) < 4.78 is 0. The standard InChI is InChI=1S/C17H21Cl2N5/c1-3-23-4-6-24(7-5-23)17-11-16(20-12(2)21-17)22-15-9-13(18)8-14(19)10-15/h8-11H,3-7H2,1-2H3,(H,20,21,22). The van der Waals surface area contributed by atoms with Gasteiger partial charge in [0, 0.05) is 48.0 Å². The number of aromatic nitrogens is 2. The number of hydrogen-bond donors (Lipinski definition) is 1. The van der Waals surface area contributed by atoms with Crippen LogP contribution in [0.5, 0.6) is 0 Å². The molecule has 0 aliphatic carbocycles. The first-order valence-corrected chi connectivity index (χ1v) is 8.85. The third-order valence-electron chi connectivity index (χ3n) is 4.10. The van der Waals surface area contributed by atoms with Crippen LogP contribution in [-0.4, -0.2) is 47.6 Å². The fraction of sp³-hybridized carbons (Fsp3) is 0.412. The number of benzene rings is 1. The molecule has 128 valence electrons. The van der Waals surface area contributed by atoms with Gasteiger partial charge in [-0.25, -0.2) is 9.97 Å². The first kappa shape index (κ1) is 17.3. The lowest BCUT2D eigenvalue weighted by molar-refractivity contribution is 0.270. The molecule has 0 atom stereocenters. The van der Waals surface area contributed by atoms with Gasteiger partial charge in [-0.15, -0.1) is 0 Å². The minimum Gasteiger partial charge on any atom is -0.354 e. The van der Waals surface area contributed by atoms with Crippen LogP contribution in [0.1, 0.15) is 12.7 Å². The summed E-state index contributed by atoms with van der Waals surface area (Å²) in [6, 6.07) is 7.33. The van der Waals surface area contributed by atoms with E-state index in [9.17, 15) is 0 Å². The Kier molecular flexibility index (Phi) is 5.43. The minimum atomic E-state index is 0.590. The summed E-state index contributed by atoms with van der Waals surface area (Å²) >= 11 is 12.1. The van der Waals surface area contributed by atoms with E-state index in [2.05, 4.69) is 32.0 Å². The van der Waals surface area contributed by atoms with Crippen molar-refractivity contribution in [1.82, 2.24) is 14.9 Å². The second-order valence-electron chi connectivity index (χ2n) is 5.86. The molecule has 2 heterocycles. The molecule has 7 heteroatoms. The number of nitrogens with zero attached hydrogens (tertiary/aromatic N) is 4. The molecule has 0 bridgehead atoms. The summed E-state index contributed by atoms with van der Waals surface area (Å²) in [4.78, 5) is 13.8. The lowest BCUT2D eigenvalue weighted by atomic mass is 10.3. The van der Waals surface area contributed by atoms with Crippen LogP contribution in [0.15, 0.2) is 24.3 Å². The predicted molar refractivity (Wildman–Crippen MR) is 101 cm³/mol. The molecule has 3 rings (SSSR count). The molecule has 1 fully saturated rings. The van der Waals surface area contributed by atoms with E-state index in [1.807, 2.05) is 25.1 Å². The number of hydrogen-bond acceptors (Lipinski definition) is 5. The average Bonchev–Trinajstić information content (AvgIpc) is 2.53. The largest absolute Gasteiger partial charge is 0.354 e. The second kappa shape index (κ2) is 7.55. The van der Waals surface area contributed by atoms with Crippen molar-refractivity contribution in [3.8, 4) is 0 Å². The quantitative estimate of drug-likeness (QED) is 0.887. The molecule has 1 aliphatic heterocycles. The third-order valence-corrected chi connectivity index (χ3v) is 4.54. The summed E-state index contributed by atoms with van der Waals surface area (Å²) in [5.74, 6) is 2.43. The van der Waals surface area contributed by atoms with Gasteiger partial charge in [0.1, 0.15) is 17.5 Å². The Morgan fingerprint density at radius 2 is 1.67 bits per heavy atom. The molecule has 24 heavy (non-hydrogen) atoms. The van der Waals surface area contributed by atoms with Crippen molar-refractivity contribution in [2.75, 3.05) is 42.9 Å². The molecule has 2 aromatic rings. The van der Waals surface area contributed by atoms with Crippen molar-refractivity contribution in [2.24, 2.45) is 0 Å². The number of aryl methyl sites for hydroxylation is 1. The van der Waals surface area contributed by atoms with Crippen LogP contribution in [0.2, 0.25) is 10.0 Å². The van der Waals surface area contributed by atoms with E-state index in [1.54, 1.807) is 6.07 Å². The maximum absolute atomic E-state index is 6.06. The molecular formula is C17H21Cl2N5. The van der Waals surface area contributed by atoms with Crippen molar-refractivity contribution >= 4 is 40.5 Å². The fourth-order valence-corrected chi connectivity index (χ4v) is 3.37. The van der Waals surface area contributed by atoms with E-state index in [0.717, 1.165) is 55.9 Å². The van der Waals surface area contributed by atoms with E-state index < -0.39 is 0 Å². The summed E-state index contributed by atoms with van der Waals surface area (Å²) in [6.45, 7) is 9.28. The zero-order valence-corrected chi connectivity index (χ0v) is 15.4. The van der Waals surface area contributed by atoms with Gasteiger partial charge in [-0.2, -0.15) is 0 Å². The second-order valence-corrected chi connectivity index (χ2v) is 6.74. The maximum atomic E-state index is 6.06. The van der Waals surface area contributed by atoms with Gasteiger partial charge in [0.2, 0.25) is 0 Å². The first-order valence-electron chi connectivity index (χ1n) is 8.09. The van der Waals surface area contributed by atoms with Gasteiger partial charge in [0.25, 0.3) is 0 Å². The number of nitrogens with one attached hydrogen (secondary N) is 1. The van der Waals surface area contributed by atoms with Crippen LogP contribution < -0.4 is 10.2 Å². The Morgan fingerprint density at radius 1 is 1.00 bits per heavy atom. The average molecular weight is 366 g/mol. The number of halogens is 2. The highest BCUT2D eigenvalue weighted by molar-refractivity contribution is 6.35. The summed E-state index contributed by atoms with van der Waals surface area (Å²) in [7, 11) is 0. The van der Waals surface area contributed by atoms with Crippen LogP contribution in [0, 0.1) is 6.92 Å². The Bertz CT molecular complexity index is 694. The predicted octanol–water partition coefficient (Wildman–Crippen LogP) is 3.98. The van der Waals surface area contributed by atoms with E-state index in [4.69, 9.17) is 23.2 Å². The highest BCUT2D eigenvalue weighted by Gasteiger charge is 2.17. The Balaban J connectivity index is 1.79. The number of piperazine rings is 1. The molecule has 1 aromatic carbocycles. The number of anilines is 3. The molecule has 1 aromatic heterocycles. The monoisotopic (exact) mass is 365 g/mol.